The van der Waals surface area contributed by atoms with Crippen molar-refractivity contribution in [2.45, 2.75) is 40.0 Å². The van der Waals surface area contributed by atoms with Crippen LogP contribution in [0.25, 0.3) is 0 Å². The second kappa shape index (κ2) is 10.2. The zero-order valence-corrected chi connectivity index (χ0v) is 14.7. The summed E-state index contributed by atoms with van der Waals surface area (Å²) in [5.74, 6) is 1.06. The van der Waals surface area contributed by atoms with Crippen LogP contribution in [0.3, 0.4) is 0 Å². The number of ether oxygens (including phenoxy) is 1. The molecule has 0 aliphatic carbocycles. The van der Waals surface area contributed by atoms with Gasteiger partial charge in [-0.05, 0) is 50.9 Å². The molecule has 0 heterocycles. The lowest BCUT2D eigenvalue weighted by molar-refractivity contribution is 0.211. The van der Waals surface area contributed by atoms with Gasteiger partial charge in [0.15, 0.2) is 0 Å². The van der Waals surface area contributed by atoms with Crippen LogP contribution < -0.4 is 4.74 Å². The van der Waals surface area contributed by atoms with E-state index < -0.39 is 0 Å². The van der Waals surface area contributed by atoms with Crippen molar-refractivity contribution in [2.75, 3.05) is 31.6 Å². The van der Waals surface area contributed by atoms with E-state index in [2.05, 4.69) is 59.8 Å². The van der Waals surface area contributed by atoms with Crippen LogP contribution in [0.1, 0.15) is 37.3 Å². The first-order valence-corrected chi connectivity index (χ1v) is 8.78. The SMILES string of the molecule is CCN(CCCCCBr)CCOc1c(C)cccc1C. The summed E-state index contributed by atoms with van der Waals surface area (Å²) in [5.41, 5.74) is 2.45. The number of likely N-dealkylation sites (N-methyl/N-ethyl adjacent to an activating group) is 1. The Morgan fingerprint density at radius 1 is 1.05 bits per heavy atom. The molecule has 0 radical (unpaired) electrons. The van der Waals surface area contributed by atoms with Crippen LogP contribution in [0, 0.1) is 13.8 Å². The van der Waals surface area contributed by atoms with Gasteiger partial charge >= 0.3 is 0 Å². The molecule has 0 aliphatic rings. The number of halogens is 1. The highest BCUT2D eigenvalue weighted by Crippen LogP contribution is 2.22. The highest BCUT2D eigenvalue weighted by atomic mass is 79.9. The van der Waals surface area contributed by atoms with Gasteiger partial charge in [-0.2, -0.15) is 0 Å². The topological polar surface area (TPSA) is 12.5 Å². The lowest BCUT2D eigenvalue weighted by Crippen LogP contribution is -2.29. The largest absolute Gasteiger partial charge is 0.492 e. The van der Waals surface area contributed by atoms with Crippen LogP contribution in [0.4, 0.5) is 0 Å². The first-order valence-electron chi connectivity index (χ1n) is 7.66. The lowest BCUT2D eigenvalue weighted by atomic mass is 10.1. The normalized spacial score (nSPS) is 11.1. The number of aryl methyl sites for hydroxylation is 2. The minimum absolute atomic E-state index is 0.776. The van der Waals surface area contributed by atoms with E-state index >= 15 is 0 Å². The third kappa shape index (κ3) is 6.27. The smallest absolute Gasteiger partial charge is 0.125 e. The van der Waals surface area contributed by atoms with Gasteiger partial charge in [0.1, 0.15) is 12.4 Å². The molecule has 0 spiro atoms. The molecular weight excluding hydrogens is 314 g/mol. The number of hydrogen-bond acceptors (Lipinski definition) is 2. The van der Waals surface area contributed by atoms with Crippen molar-refractivity contribution in [1.82, 2.24) is 4.90 Å². The Hall–Kier alpha value is -0.540. The van der Waals surface area contributed by atoms with Crippen molar-refractivity contribution >= 4 is 15.9 Å². The van der Waals surface area contributed by atoms with Crippen LogP contribution >= 0.6 is 15.9 Å². The molecular formula is C17H28BrNO. The van der Waals surface area contributed by atoms with Crippen LogP contribution in [-0.2, 0) is 0 Å². The number of unbranched alkanes of at least 4 members (excludes halogenated alkanes) is 2. The molecule has 20 heavy (non-hydrogen) atoms. The third-order valence-corrected chi connectivity index (χ3v) is 4.18. The fourth-order valence-corrected chi connectivity index (χ4v) is 2.73. The molecule has 0 aliphatic heterocycles. The van der Waals surface area contributed by atoms with Crippen molar-refractivity contribution in [3.63, 3.8) is 0 Å². The number of nitrogens with zero attached hydrogens (tertiary/aromatic N) is 1. The van der Waals surface area contributed by atoms with Crippen molar-refractivity contribution in [3.05, 3.63) is 29.3 Å². The number of hydrogen-bond donors (Lipinski definition) is 0. The van der Waals surface area contributed by atoms with Crippen molar-refractivity contribution < 1.29 is 4.74 Å². The highest BCUT2D eigenvalue weighted by Gasteiger charge is 2.05. The molecule has 0 fully saturated rings. The number of para-hydroxylation sites is 1. The molecule has 0 bridgehead atoms. The van der Waals surface area contributed by atoms with Crippen LogP contribution in [0.5, 0.6) is 5.75 Å². The second-order valence-electron chi connectivity index (χ2n) is 5.25. The summed E-state index contributed by atoms with van der Waals surface area (Å²) in [4.78, 5) is 2.47. The quantitative estimate of drug-likeness (QED) is 0.456. The first-order chi connectivity index (χ1) is 9.69. The van der Waals surface area contributed by atoms with Gasteiger partial charge in [-0.1, -0.05) is 47.5 Å². The summed E-state index contributed by atoms with van der Waals surface area (Å²) in [6.45, 7) is 10.5. The molecule has 114 valence electrons. The average Bonchev–Trinajstić information content (AvgIpc) is 2.44. The first kappa shape index (κ1) is 17.5. The molecule has 0 atom stereocenters. The van der Waals surface area contributed by atoms with E-state index in [0.29, 0.717) is 0 Å². The Kier molecular flexibility index (Phi) is 8.95. The molecule has 3 heteroatoms. The maximum atomic E-state index is 5.98. The predicted molar refractivity (Wildman–Crippen MR) is 91.2 cm³/mol. The van der Waals surface area contributed by atoms with Crippen LogP contribution in [0.15, 0.2) is 18.2 Å². The van der Waals surface area contributed by atoms with Gasteiger partial charge in [-0.15, -0.1) is 0 Å². The summed E-state index contributed by atoms with van der Waals surface area (Å²) < 4.78 is 5.98. The van der Waals surface area contributed by atoms with E-state index in [0.717, 1.165) is 30.8 Å². The lowest BCUT2D eigenvalue weighted by Gasteiger charge is -2.21. The van der Waals surface area contributed by atoms with Gasteiger partial charge < -0.3 is 9.64 Å². The Labute approximate surface area is 132 Å². The molecule has 0 saturated carbocycles. The third-order valence-electron chi connectivity index (χ3n) is 3.62. The monoisotopic (exact) mass is 341 g/mol. The van der Waals surface area contributed by atoms with E-state index in [1.807, 2.05) is 0 Å². The summed E-state index contributed by atoms with van der Waals surface area (Å²) in [5, 5.41) is 1.12. The molecule has 0 unspecified atom stereocenters. The Bertz CT molecular complexity index is 361. The van der Waals surface area contributed by atoms with E-state index in [9.17, 15) is 0 Å². The molecule has 1 rings (SSSR count). The standard InChI is InChI=1S/C17H28BrNO/c1-4-19(12-7-5-6-11-18)13-14-20-17-15(2)9-8-10-16(17)3/h8-10H,4-7,11-14H2,1-3H3. The molecule has 0 N–H and O–H groups in total. The van der Waals surface area contributed by atoms with Crippen molar-refractivity contribution in [1.29, 1.82) is 0 Å². The van der Waals surface area contributed by atoms with Crippen molar-refractivity contribution in [3.8, 4) is 5.75 Å². The maximum Gasteiger partial charge on any atom is 0.125 e. The van der Waals surface area contributed by atoms with Gasteiger partial charge in [-0.3, -0.25) is 0 Å². The minimum atomic E-state index is 0.776. The molecule has 2 nitrogen and oxygen atoms in total. The van der Waals surface area contributed by atoms with Gasteiger partial charge in [0.25, 0.3) is 0 Å². The molecule has 0 saturated heterocycles. The zero-order valence-electron chi connectivity index (χ0n) is 13.1. The molecule has 1 aromatic rings. The summed E-state index contributed by atoms with van der Waals surface area (Å²) >= 11 is 3.48. The summed E-state index contributed by atoms with van der Waals surface area (Å²) in [7, 11) is 0. The van der Waals surface area contributed by atoms with Crippen molar-refractivity contribution in [2.24, 2.45) is 0 Å². The highest BCUT2D eigenvalue weighted by molar-refractivity contribution is 9.09. The summed E-state index contributed by atoms with van der Waals surface area (Å²) in [6, 6.07) is 6.31. The fourth-order valence-electron chi connectivity index (χ4n) is 2.34. The fraction of sp³-hybridized carbons (Fsp3) is 0.647. The van der Waals surface area contributed by atoms with Crippen LogP contribution in [-0.4, -0.2) is 36.5 Å². The van der Waals surface area contributed by atoms with E-state index in [-0.39, 0.29) is 0 Å². The predicted octanol–water partition coefficient (Wildman–Crippen LogP) is 4.57. The van der Waals surface area contributed by atoms with Gasteiger partial charge in [0.05, 0.1) is 0 Å². The van der Waals surface area contributed by atoms with Gasteiger partial charge in [0.2, 0.25) is 0 Å². The van der Waals surface area contributed by atoms with E-state index in [1.54, 1.807) is 0 Å². The Morgan fingerprint density at radius 3 is 2.35 bits per heavy atom. The van der Waals surface area contributed by atoms with Crippen LogP contribution in [0.2, 0.25) is 0 Å². The molecule has 0 amide bonds. The Balaban J connectivity index is 2.30. The van der Waals surface area contributed by atoms with Gasteiger partial charge in [0, 0.05) is 11.9 Å². The zero-order chi connectivity index (χ0) is 14.8. The second-order valence-corrected chi connectivity index (χ2v) is 6.05. The molecule has 1 aromatic carbocycles. The van der Waals surface area contributed by atoms with Gasteiger partial charge in [-0.25, -0.2) is 0 Å². The number of benzene rings is 1. The van der Waals surface area contributed by atoms with E-state index in [4.69, 9.17) is 4.74 Å². The number of rotatable bonds is 10. The minimum Gasteiger partial charge on any atom is -0.492 e. The number of alkyl halides is 1. The maximum absolute atomic E-state index is 5.98. The summed E-state index contributed by atoms with van der Waals surface area (Å²) in [6.07, 6.45) is 3.86. The van der Waals surface area contributed by atoms with E-state index in [1.165, 1.54) is 36.9 Å². The Morgan fingerprint density at radius 2 is 1.75 bits per heavy atom. The average molecular weight is 342 g/mol. The molecule has 0 aromatic heterocycles.